The molecule has 0 amide bonds. The van der Waals surface area contributed by atoms with Crippen LogP contribution < -0.4 is 4.90 Å². The van der Waals surface area contributed by atoms with Crippen LogP contribution in [0.1, 0.15) is 18.7 Å². The van der Waals surface area contributed by atoms with Crippen molar-refractivity contribution >= 4 is 22.6 Å². The monoisotopic (exact) mass is 260 g/mol. The van der Waals surface area contributed by atoms with E-state index in [4.69, 9.17) is 4.84 Å². The first-order valence-electron chi connectivity index (χ1n) is 6.29. The van der Waals surface area contributed by atoms with Gasteiger partial charge in [0.15, 0.2) is 5.65 Å². The fourth-order valence-corrected chi connectivity index (χ4v) is 2.37. The summed E-state index contributed by atoms with van der Waals surface area (Å²) >= 11 is 0. The quantitative estimate of drug-likeness (QED) is 0.822. The van der Waals surface area contributed by atoms with Crippen LogP contribution in [-0.4, -0.2) is 46.1 Å². The summed E-state index contributed by atoms with van der Waals surface area (Å²) in [6.45, 7) is 3.67. The van der Waals surface area contributed by atoms with Crippen LogP contribution in [-0.2, 0) is 4.84 Å². The maximum Gasteiger partial charge on any atom is 0.161 e. The minimum Gasteiger partial charge on any atom is -0.399 e. The summed E-state index contributed by atoms with van der Waals surface area (Å²) in [5.41, 5.74) is 1.90. The molecule has 19 heavy (non-hydrogen) atoms. The number of fused-ring (bicyclic) bond motifs is 1. The highest BCUT2D eigenvalue weighted by atomic mass is 16.6. The Balaban J connectivity index is 1.89. The largest absolute Gasteiger partial charge is 0.399 e. The summed E-state index contributed by atoms with van der Waals surface area (Å²) in [4.78, 5) is 16.0. The molecular formula is C12H16N6O. The normalized spacial score (nSPS) is 15.9. The molecular weight excluding hydrogens is 244 g/mol. The molecule has 0 aromatic carbocycles. The van der Waals surface area contributed by atoms with Crippen LogP contribution in [0.3, 0.4) is 0 Å². The predicted molar refractivity (Wildman–Crippen MR) is 72.3 cm³/mol. The maximum absolute atomic E-state index is 4.83. The molecule has 1 saturated heterocycles. The van der Waals surface area contributed by atoms with Crippen LogP contribution in [0.25, 0.3) is 11.0 Å². The molecule has 0 atom stereocenters. The van der Waals surface area contributed by atoms with E-state index in [9.17, 15) is 0 Å². The number of aromatic nitrogens is 4. The molecule has 0 radical (unpaired) electrons. The second-order valence-electron chi connectivity index (χ2n) is 4.55. The zero-order valence-corrected chi connectivity index (χ0v) is 11.1. The lowest BCUT2D eigenvalue weighted by Crippen LogP contribution is -2.34. The molecule has 7 nitrogen and oxygen atoms in total. The second-order valence-corrected chi connectivity index (χ2v) is 4.55. The zero-order chi connectivity index (χ0) is 13.2. The van der Waals surface area contributed by atoms with Gasteiger partial charge in [0.25, 0.3) is 0 Å². The number of hydrogen-bond acceptors (Lipinski definition) is 6. The molecule has 2 aromatic rings. The fraction of sp³-hybridized carbons (Fsp3) is 0.500. The molecule has 0 saturated carbocycles. The molecule has 2 aromatic heterocycles. The number of aromatic amines is 1. The molecule has 1 aliphatic heterocycles. The number of aryl methyl sites for hydroxylation is 1. The van der Waals surface area contributed by atoms with E-state index in [0.29, 0.717) is 0 Å². The fourth-order valence-electron chi connectivity index (χ4n) is 2.37. The standard InChI is InChI=1S/C12H16N6O/c1-8-14-11-10(7-13-16-11)12(15-8)18-5-3-9(4-6-18)17-19-2/h7H,3-6H2,1-2H3,(H,13,14,15,16). The third-order valence-corrected chi connectivity index (χ3v) is 3.26. The van der Waals surface area contributed by atoms with Crippen molar-refractivity contribution in [1.29, 1.82) is 0 Å². The van der Waals surface area contributed by atoms with Crippen molar-refractivity contribution in [1.82, 2.24) is 20.2 Å². The van der Waals surface area contributed by atoms with Gasteiger partial charge in [-0.25, -0.2) is 9.97 Å². The van der Waals surface area contributed by atoms with Gasteiger partial charge >= 0.3 is 0 Å². The molecule has 7 heteroatoms. The van der Waals surface area contributed by atoms with Gasteiger partial charge in [0.2, 0.25) is 0 Å². The van der Waals surface area contributed by atoms with Crippen LogP contribution in [0.5, 0.6) is 0 Å². The van der Waals surface area contributed by atoms with Crippen LogP contribution in [0.4, 0.5) is 5.82 Å². The molecule has 1 aliphatic rings. The van der Waals surface area contributed by atoms with Crippen LogP contribution in [0.2, 0.25) is 0 Å². The molecule has 0 unspecified atom stereocenters. The van der Waals surface area contributed by atoms with Crippen molar-refractivity contribution in [2.45, 2.75) is 19.8 Å². The molecule has 3 rings (SSSR count). The number of anilines is 1. The van der Waals surface area contributed by atoms with Gasteiger partial charge in [0.1, 0.15) is 18.8 Å². The van der Waals surface area contributed by atoms with Gasteiger partial charge in [-0.15, -0.1) is 0 Å². The summed E-state index contributed by atoms with van der Waals surface area (Å²) in [7, 11) is 1.59. The minimum absolute atomic E-state index is 0.753. The first-order valence-corrected chi connectivity index (χ1v) is 6.29. The summed E-state index contributed by atoms with van der Waals surface area (Å²) in [6, 6.07) is 0. The number of H-pyrrole nitrogens is 1. The highest BCUT2D eigenvalue weighted by molar-refractivity contribution is 5.89. The number of piperidine rings is 1. The van der Waals surface area contributed by atoms with Gasteiger partial charge in [-0.3, -0.25) is 5.10 Å². The lowest BCUT2D eigenvalue weighted by molar-refractivity contribution is 0.211. The van der Waals surface area contributed by atoms with E-state index in [-0.39, 0.29) is 0 Å². The lowest BCUT2D eigenvalue weighted by atomic mass is 10.1. The maximum atomic E-state index is 4.83. The number of hydrogen-bond donors (Lipinski definition) is 1. The Kier molecular flexibility index (Phi) is 3.02. The Morgan fingerprint density at radius 1 is 1.32 bits per heavy atom. The van der Waals surface area contributed by atoms with E-state index in [1.165, 1.54) is 0 Å². The molecule has 0 spiro atoms. The van der Waals surface area contributed by atoms with Gasteiger partial charge in [0, 0.05) is 25.9 Å². The van der Waals surface area contributed by atoms with Gasteiger partial charge in [-0.05, 0) is 6.92 Å². The van der Waals surface area contributed by atoms with Crippen molar-refractivity contribution in [3.63, 3.8) is 0 Å². The third-order valence-electron chi connectivity index (χ3n) is 3.26. The van der Waals surface area contributed by atoms with Gasteiger partial charge in [0.05, 0.1) is 17.3 Å². The Morgan fingerprint density at radius 3 is 2.84 bits per heavy atom. The summed E-state index contributed by atoms with van der Waals surface area (Å²) < 4.78 is 0. The van der Waals surface area contributed by atoms with Crippen LogP contribution >= 0.6 is 0 Å². The first kappa shape index (κ1) is 11.9. The van der Waals surface area contributed by atoms with E-state index in [1.54, 1.807) is 13.3 Å². The lowest BCUT2D eigenvalue weighted by Gasteiger charge is -2.28. The zero-order valence-electron chi connectivity index (χ0n) is 11.1. The highest BCUT2D eigenvalue weighted by Crippen LogP contribution is 2.24. The SMILES string of the molecule is CON=C1CCN(c2nc(C)nc3[nH]ncc23)CC1. The van der Waals surface area contributed by atoms with Crippen LogP contribution in [0, 0.1) is 6.92 Å². The van der Waals surface area contributed by atoms with E-state index in [1.807, 2.05) is 6.92 Å². The van der Waals surface area contributed by atoms with Crippen molar-refractivity contribution in [3.8, 4) is 0 Å². The average molecular weight is 260 g/mol. The molecule has 1 N–H and O–H groups in total. The van der Waals surface area contributed by atoms with Crippen molar-refractivity contribution in [2.24, 2.45) is 5.16 Å². The first-order chi connectivity index (χ1) is 9.28. The smallest absolute Gasteiger partial charge is 0.161 e. The number of rotatable bonds is 2. The number of nitrogens with one attached hydrogen (secondary N) is 1. The predicted octanol–water partition coefficient (Wildman–Crippen LogP) is 1.26. The average Bonchev–Trinajstić information content (AvgIpc) is 2.87. The van der Waals surface area contributed by atoms with Crippen molar-refractivity contribution in [2.75, 3.05) is 25.1 Å². The highest BCUT2D eigenvalue weighted by Gasteiger charge is 2.20. The van der Waals surface area contributed by atoms with Gasteiger partial charge < -0.3 is 9.74 Å². The summed E-state index contributed by atoms with van der Waals surface area (Å²) in [5, 5.41) is 11.9. The molecule has 3 heterocycles. The van der Waals surface area contributed by atoms with E-state index in [0.717, 1.165) is 54.3 Å². The Morgan fingerprint density at radius 2 is 2.11 bits per heavy atom. The van der Waals surface area contributed by atoms with Crippen LogP contribution in [0.15, 0.2) is 11.4 Å². The number of oxime groups is 1. The summed E-state index contributed by atoms with van der Waals surface area (Å²) in [6.07, 6.45) is 3.58. The Hall–Kier alpha value is -2.18. The molecule has 100 valence electrons. The van der Waals surface area contributed by atoms with E-state index < -0.39 is 0 Å². The molecule has 1 fully saturated rings. The van der Waals surface area contributed by atoms with Crippen molar-refractivity contribution < 1.29 is 4.84 Å². The second kappa shape index (κ2) is 4.83. The summed E-state index contributed by atoms with van der Waals surface area (Å²) in [5.74, 6) is 1.70. The topological polar surface area (TPSA) is 79.3 Å². The Bertz CT molecular complexity index is 610. The third kappa shape index (κ3) is 2.23. The molecule has 0 bridgehead atoms. The van der Waals surface area contributed by atoms with E-state index >= 15 is 0 Å². The minimum atomic E-state index is 0.753. The van der Waals surface area contributed by atoms with Gasteiger partial charge in [-0.1, -0.05) is 5.16 Å². The molecule has 0 aliphatic carbocycles. The Labute approximate surface area is 110 Å². The number of nitrogens with zero attached hydrogens (tertiary/aromatic N) is 5. The van der Waals surface area contributed by atoms with Crippen molar-refractivity contribution in [3.05, 3.63) is 12.0 Å². The van der Waals surface area contributed by atoms with E-state index in [2.05, 4.69) is 30.2 Å². The van der Waals surface area contributed by atoms with Gasteiger partial charge in [-0.2, -0.15) is 5.10 Å².